The molecule has 0 aromatic heterocycles. The van der Waals surface area contributed by atoms with Gasteiger partial charge in [0, 0.05) is 32.6 Å². The van der Waals surface area contributed by atoms with Gasteiger partial charge in [-0.1, -0.05) is 6.07 Å². The molecule has 2 fully saturated rings. The molecule has 2 aromatic rings. The Morgan fingerprint density at radius 3 is 2.50 bits per heavy atom. The fraction of sp³-hybridized carbons (Fsp3) is 0.500. The first-order valence-electron chi connectivity index (χ1n) is 12.5. The molecule has 2 saturated heterocycles. The summed E-state index contributed by atoms with van der Waals surface area (Å²) in [5.74, 6) is -0.861. The number of carbonyl (C=O) groups is 1. The van der Waals surface area contributed by atoms with Gasteiger partial charge in [-0.3, -0.25) is 0 Å². The Bertz CT molecular complexity index is 1190. The number of nitrogens with zero attached hydrogens (tertiary/aromatic N) is 3. The van der Waals surface area contributed by atoms with Crippen LogP contribution in [0.5, 0.6) is 5.75 Å². The average Bonchev–Trinajstić information content (AvgIpc) is 2.84. The Balaban J connectivity index is 1.38. The average molecular weight is 530 g/mol. The number of rotatable bonds is 7. The standard InChI is InChI=1S/C28H33F2N3O5/c1-27(2,3)38-26(34)33-15-28(16-33)17-36-25(37-18-28)9-10-32(23-7-6-21(29)12-20(23)13-31)14-19-5-8-24(35-4)22(30)11-19/h5-8,11-12,25H,9-10,14-18H2,1-4H3. The zero-order valence-electron chi connectivity index (χ0n) is 22.1. The van der Waals surface area contributed by atoms with Crippen molar-refractivity contribution in [1.82, 2.24) is 4.90 Å². The second-order valence-electron chi connectivity index (χ2n) is 10.8. The van der Waals surface area contributed by atoms with Gasteiger partial charge in [0.15, 0.2) is 17.9 Å². The monoisotopic (exact) mass is 529 g/mol. The highest BCUT2D eigenvalue weighted by Gasteiger charge is 2.49. The van der Waals surface area contributed by atoms with E-state index in [-0.39, 0.29) is 29.4 Å². The number of ether oxygens (including phenoxy) is 4. The fourth-order valence-corrected chi connectivity index (χ4v) is 4.65. The molecule has 38 heavy (non-hydrogen) atoms. The summed E-state index contributed by atoms with van der Waals surface area (Å²) in [5, 5.41) is 9.60. The van der Waals surface area contributed by atoms with Gasteiger partial charge in [-0.25, -0.2) is 13.6 Å². The fourth-order valence-electron chi connectivity index (χ4n) is 4.65. The van der Waals surface area contributed by atoms with Crippen molar-refractivity contribution in [2.45, 2.75) is 45.6 Å². The van der Waals surface area contributed by atoms with E-state index in [1.54, 1.807) is 23.1 Å². The number of amides is 1. The first-order chi connectivity index (χ1) is 18.0. The number of hydrogen-bond acceptors (Lipinski definition) is 7. The Labute approximate surface area is 221 Å². The van der Waals surface area contributed by atoms with Crippen LogP contribution in [-0.4, -0.2) is 62.8 Å². The number of likely N-dealkylation sites (tertiary alicyclic amines) is 1. The van der Waals surface area contributed by atoms with Crippen molar-refractivity contribution in [3.8, 4) is 11.8 Å². The van der Waals surface area contributed by atoms with Crippen molar-refractivity contribution in [1.29, 1.82) is 5.26 Å². The van der Waals surface area contributed by atoms with Crippen molar-refractivity contribution < 1.29 is 32.5 Å². The van der Waals surface area contributed by atoms with Gasteiger partial charge in [-0.05, 0) is 56.7 Å². The largest absolute Gasteiger partial charge is 0.494 e. The van der Waals surface area contributed by atoms with Gasteiger partial charge >= 0.3 is 6.09 Å². The maximum Gasteiger partial charge on any atom is 0.410 e. The Hall–Kier alpha value is -3.42. The number of methoxy groups -OCH3 is 1. The quantitative estimate of drug-likeness (QED) is 0.507. The number of benzene rings is 2. The second kappa shape index (κ2) is 11.1. The third-order valence-electron chi connectivity index (χ3n) is 6.50. The molecule has 204 valence electrons. The van der Waals surface area contributed by atoms with Crippen LogP contribution in [0.2, 0.25) is 0 Å². The number of carbonyl (C=O) groups excluding carboxylic acids is 1. The van der Waals surface area contributed by atoms with E-state index in [4.69, 9.17) is 18.9 Å². The van der Waals surface area contributed by atoms with E-state index in [2.05, 4.69) is 0 Å². The Morgan fingerprint density at radius 2 is 1.89 bits per heavy atom. The molecule has 2 aliphatic heterocycles. The van der Waals surface area contributed by atoms with E-state index in [9.17, 15) is 18.8 Å². The molecule has 2 heterocycles. The lowest BCUT2D eigenvalue weighted by Crippen LogP contribution is -2.65. The van der Waals surface area contributed by atoms with Crippen LogP contribution in [0.15, 0.2) is 36.4 Å². The van der Waals surface area contributed by atoms with Crippen LogP contribution in [0, 0.1) is 28.4 Å². The lowest BCUT2D eigenvalue weighted by Gasteiger charge is -2.52. The first-order valence-corrected chi connectivity index (χ1v) is 12.5. The molecule has 0 unspecified atom stereocenters. The number of nitriles is 1. The highest BCUT2D eigenvalue weighted by Crippen LogP contribution is 2.36. The minimum atomic E-state index is -0.552. The molecule has 0 radical (unpaired) electrons. The molecular formula is C28H33F2N3O5. The Kier molecular flexibility index (Phi) is 8.09. The van der Waals surface area contributed by atoms with Crippen molar-refractivity contribution >= 4 is 11.8 Å². The van der Waals surface area contributed by atoms with E-state index in [1.807, 2.05) is 31.7 Å². The van der Waals surface area contributed by atoms with Crippen molar-refractivity contribution in [2.75, 3.05) is 44.9 Å². The minimum absolute atomic E-state index is 0.138. The normalized spacial score (nSPS) is 17.0. The summed E-state index contributed by atoms with van der Waals surface area (Å²) in [7, 11) is 1.40. The second-order valence-corrected chi connectivity index (χ2v) is 10.8. The number of halogens is 2. The van der Waals surface area contributed by atoms with Crippen molar-refractivity contribution in [3.05, 3.63) is 59.2 Å². The molecule has 0 N–H and O–H groups in total. The maximum absolute atomic E-state index is 14.3. The smallest absolute Gasteiger partial charge is 0.410 e. The molecule has 0 saturated carbocycles. The van der Waals surface area contributed by atoms with Crippen LogP contribution >= 0.6 is 0 Å². The predicted octanol–water partition coefficient (Wildman–Crippen LogP) is 4.85. The van der Waals surface area contributed by atoms with E-state index in [0.29, 0.717) is 50.5 Å². The van der Waals surface area contributed by atoms with Crippen LogP contribution in [0.25, 0.3) is 0 Å². The highest BCUT2D eigenvalue weighted by atomic mass is 19.1. The molecule has 2 aromatic carbocycles. The lowest BCUT2D eigenvalue weighted by molar-refractivity contribution is -0.254. The van der Waals surface area contributed by atoms with E-state index >= 15 is 0 Å². The summed E-state index contributed by atoms with van der Waals surface area (Å²) in [4.78, 5) is 15.8. The van der Waals surface area contributed by atoms with Crippen LogP contribution in [0.1, 0.15) is 38.3 Å². The van der Waals surface area contributed by atoms with Gasteiger partial charge in [0.2, 0.25) is 0 Å². The molecule has 1 spiro atoms. The van der Waals surface area contributed by atoms with Gasteiger partial charge in [0.25, 0.3) is 0 Å². The van der Waals surface area contributed by atoms with Gasteiger partial charge in [-0.15, -0.1) is 0 Å². The lowest BCUT2D eigenvalue weighted by atomic mass is 9.81. The summed E-state index contributed by atoms with van der Waals surface area (Å²) < 4.78 is 50.6. The molecule has 10 heteroatoms. The third-order valence-corrected chi connectivity index (χ3v) is 6.50. The molecule has 4 rings (SSSR count). The minimum Gasteiger partial charge on any atom is -0.494 e. The van der Waals surface area contributed by atoms with Crippen LogP contribution < -0.4 is 9.64 Å². The summed E-state index contributed by atoms with van der Waals surface area (Å²) in [6.07, 6.45) is -0.368. The zero-order chi connectivity index (χ0) is 27.5. The molecule has 0 bridgehead atoms. The maximum atomic E-state index is 14.3. The summed E-state index contributed by atoms with van der Waals surface area (Å²) in [6, 6.07) is 10.7. The topological polar surface area (TPSA) is 84.3 Å². The number of anilines is 1. The third kappa shape index (κ3) is 6.52. The number of hydrogen-bond donors (Lipinski definition) is 0. The van der Waals surface area contributed by atoms with Gasteiger partial charge in [0.05, 0.1) is 37.0 Å². The van der Waals surface area contributed by atoms with E-state index in [0.717, 1.165) is 0 Å². The molecule has 0 atom stereocenters. The van der Waals surface area contributed by atoms with Crippen LogP contribution in [0.3, 0.4) is 0 Å². The predicted molar refractivity (Wildman–Crippen MR) is 136 cm³/mol. The molecule has 2 aliphatic rings. The van der Waals surface area contributed by atoms with Crippen LogP contribution in [-0.2, 0) is 20.8 Å². The highest BCUT2D eigenvalue weighted by molar-refractivity contribution is 5.69. The van der Waals surface area contributed by atoms with Crippen molar-refractivity contribution in [3.63, 3.8) is 0 Å². The van der Waals surface area contributed by atoms with E-state index in [1.165, 1.54) is 25.3 Å². The van der Waals surface area contributed by atoms with Crippen LogP contribution in [0.4, 0.5) is 19.3 Å². The first kappa shape index (κ1) is 27.6. The SMILES string of the molecule is COc1ccc(CN(CCC2OCC3(CO2)CN(C(=O)OC(C)(C)C)C3)c2ccc(F)cc2C#N)cc1F. The Morgan fingerprint density at radius 1 is 1.18 bits per heavy atom. The molecule has 0 aliphatic carbocycles. The van der Waals surface area contributed by atoms with Gasteiger partial charge in [0.1, 0.15) is 17.5 Å². The van der Waals surface area contributed by atoms with Gasteiger partial charge in [-0.2, -0.15) is 5.26 Å². The summed E-state index contributed by atoms with van der Waals surface area (Å²) in [6.45, 7) is 8.09. The zero-order valence-corrected chi connectivity index (χ0v) is 22.1. The summed E-state index contributed by atoms with van der Waals surface area (Å²) in [5.41, 5.74) is 0.574. The van der Waals surface area contributed by atoms with E-state index < -0.39 is 23.5 Å². The summed E-state index contributed by atoms with van der Waals surface area (Å²) >= 11 is 0. The van der Waals surface area contributed by atoms with Gasteiger partial charge < -0.3 is 28.7 Å². The molecular weight excluding hydrogens is 496 g/mol. The van der Waals surface area contributed by atoms with Crippen molar-refractivity contribution in [2.24, 2.45) is 5.41 Å². The molecule has 8 nitrogen and oxygen atoms in total. The molecule has 1 amide bonds.